The van der Waals surface area contributed by atoms with Gasteiger partial charge in [-0.05, 0) is 25.5 Å². The highest BCUT2D eigenvalue weighted by molar-refractivity contribution is 7.14. The lowest BCUT2D eigenvalue weighted by atomic mass is 9.99. The molecule has 1 atom stereocenters. The number of piperidine rings is 1. The summed E-state index contributed by atoms with van der Waals surface area (Å²) in [6.45, 7) is 1.73. The van der Waals surface area contributed by atoms with Crippen LogP contribution in [0.25, 0.3) is 22.4 Å². The maximum atomic E-state index is 12.3. The van der Waals surface area contributed by atoms with Crippen molar-refractivity contribution >= 4 is 33.4 Å². The molecule has 1 saturated heterocycles. The predicted octanol–water partition coefficient (Wildman–Crippen LogP) is 2.02. The van der Waals surface area contributed by atoms with E-state index >= 15 is 0 Å². The van der Waals surface area contributed by atoms with Gasteiger partial charge < -0.3 is 15.6 Å². The molecule has 1 aliphatic heterocycles. The first-order valence-corrected chi connectivity index (χ1v) is 8.45. The Morgan fingerprint density at radius 2 is 2.35 bits per heavy atom. The van der Waals surface area contributed by atoms with E-state index in [1.165, 1.54) is 17.7 Å². The van der Waals surface area contributed by atoms with Gasteiger partial charge in [-0.25, -0.2) is 15.0 Å². The Morgan fingerprint density at radius 3 is 3.22 bits per heavy atom. The van der Waals surface area contributed by atoms with Crippen molar-refractivity contribution in [2.24, 2.45) is 5.92 Å². The Balaban J connectivity index is 1.55. The highest BCUT2D eigenvalue weighted by atomic mass is 32.1. The third kappa shape index (κ3) is 2.82. The minimum Gasteiger partial charge on any atom is -0.346 e. The lowest BCUT2D eigenvalue weighted by Gasteiger charge is -2.21. The summed E-state index contributed by atoms with van der Waals surface area (Å²) in [5.74, 6) is 0.0547. The first-order chi connectivity index (χ1) is 11.3. The van der Waals surface area contributed by atoms with E-state index in [0.717, 1.165) is 48.4 Å². The highest BCUT2D eigenvalue weighted by Crippen LogP contribution is 2.28. The van der Waals surface area contributed by atoms with Crippen LogP contribution < -0.4 is 10.6 Å². The molecule has 0 aliphatic carbocycles. The van der Waals surface area contributed by atoms with E-state index in [1.54, 1.807) is 0 Å². The molecule has 1 fully saturated rings. The second-order valence-corrected chi connectivity index (χ2v) is 6.39. The Labute approximate surface area is 136 Å². The van der Waals surface area contributed by atoms with Crippen LogP contribution >= 0.6 is 11.3 Å². The summed E-state index contributed by atoms with van der Waals surface area (Å²) in [6, 6.07) is 1.93. The van der Waals surface area contributed by atoms with Gasteiger partial charge in [-0.15, -0.1) is 11.3 Å². The molecule has 0 bridgehead atoms. The van der Waals surface area contributed by atoms with Crippen LogP contribution in [0.1, 0.15) is 12.8 Å². The molecular formula is C15H16N6OS. The Hall–Kier alpha value is -2.32. The van der Waals surface area contributed by atoms with E-state index in [0.29, 0.717) is 5.13 Å². The summed E-state index contributed by atoms with van der Waals surface area (Å²) < 4.78 is 0. The quantitative estimate of drug-likeness (QED) is 0.683. The zero-order valence-corrected chi connectivity index (χ0v) is 13.2. The molecule has 4 heterocycles. The van der Waals surface area contributed by atoms with Crippen molar-refractivity contribution in [3.8, 4) is 11.4 Å². The first-order valence-electron chi connectivity index (χ1n) is 7.57. The second-order valence-electron chi connectivity index (χ2n) is 5.53. The fraction of sp³-hybridized carbons (Fsp3) is 0.333. The number of nitrogens with one attached hydrogen (secondary N) is 3. The number of carbonyl (C=O) groups excluding carboxylic acids is 1. The van der Waals surface area contributed by atoms with Crippen LogP contribution in [0.5, 0.6) is 0 Å². The van der Waals surface area contributed by atoms with Crippen molar-refractivity contribution < 1.29 is 4.79 Å². The van der Waals surface area contributed by atoms with Crippen LogP contribution in [0, 0.1) is 5.92 Å². The lowest BCUT2D eigenvalue weighted by molar-refractivity contribution is -0.120. The number of anilines is 1. The molecule has 3 N–H and O–H groups in total. The van der Waals surface area contributed by atoms with Gasteiger partial charge >= 0.3 is 0 Å². The number of hydrogen-bond donors (Lipinski definition) is 3. The van der Waals surface area contributed by atoms with Crippen LogP contribution in [0.2, 0.25) is 0 Å². The van der Waals surface area contributed by atoms with Gasteiger partial charge in [0.15, 0.2) is 5.13 Å². The summed E-state index contributed by atoms with van der Waals surface area (Å²) in [6.07, 6.45) is 5.30. The average Bonchev–Trinajstić information content (AvgIpc) is 3.24. The zero-order valence-electron chi connectivity index (χ0n) is 12.4. The van der Waals surface area contributed by atoms with Crippen molar-refractivity contribution in [3.63, 3.8) is 0 Å². The number of rotatable bonds is 3. The number of aromatic amines is 1. The number of H-pyrrole nitrogens is 1. The van der Waals surface area contributed by atoms with Crippen molar-refractivity contribution in [2.75, 3.05) is 18.4 Å². The largest absolute Gasteiger partial charge is 0.346 e. The van der Waals surface area contributed by atoms with Gasteiger partial charge in [0.1, 0.15) is 23.4 Å². The number of thiazole rings is 1. The van der Waals surface area contributed by atoms with Gasteiger partial charge in [-0.2, -0.15) is 0 Å². The van der Waals surface area contributed by atoms with Gasteiger partial charge in [0.25, 0.3) is 0 Å². The Kier molecular flexibility index (Phi) is 3.76. The van der Waals surface area contributed by atoms with Crippen molar-refractivity contribution in [2.45, 2.75) is 12.8 Å². The third-order valence-electron chi connectivity index (χ3n) is 4.00. The van der Waals surface area contributed by atoms with Gasteiger partial charge in [0, 0.05) is 23.5 Å². The van der Waals surface area contributed by atoms with Crippen LogP contribution in [0.15, 0.2) is 24.0 Å². The second kappa shape index (κ2) is 6.05. The highest BCUT2D eigenvalue weighted by Gasteiger charge is 2.22. The molecule has 3 aromatic rings. The Morgan fingerprint density at radius 1 is 1.39 bits per heavy atom. The number of carbonyl (C=O) groups is 1. The molecule has 1 unspecified atom stereocenters. The monoisotopic (exact) mass is 328 g/mol. The van der Waals surface area contributed by atoms with Gasteiger partial charge in [0.2, 0.25) is 5.91 Å². The van der Waals surface area contributed by atoms with Gasteiger partial charge in [0.05, 0.1) is 5.92 Å². The topological polar surface area (TPSA) is 95.6 Å². The van der Waals surface area contributed by atoms with Gasteiger partial charge in [-0.1, -0.05) is 0 Å². The summed E-state index contributed by atoms with van der Waals surface area (Å²) >= 11 is 1.41. The number of fused-ring (bicyclic) bond motifs is 1. The van der Waals surface area contributed by atoms with Crippen LogP contribution in [0.3, 0.4) is 0 Å². The average molecular weight is 328 g/mol. The molecule has 1 aliphatic rings. The molecule has 7 nitrogen and oxygen atoms in total. The minimum absolute atomic E-state index is 0.0199. The molecule has 4 rings (SSSR count). The number of amides is 1. The molecule has 0 saturated carbocycles. The van der Waals surface area contributed by atoms with E-state index in [-0.39, 0.29) is 11.8 Å². The maximum absolute atomic E-state index is 12.3. The van der Waals surface area contributed by atoms with E-state index in [2.05, 4.69) is 30.6 Å². The molecule has 0 radical (unpaired) electrons. The summed E-state index contributed by atoms with van der Waals surface area (Å²) in [5, 5.41) is 9.61. The number of hydrogen-bond acceptors (Lipinski definition) is 6. The molecule has 118 valence electrons. The van der Waals surface area contributed by atoms with Crippen molar-refractivity contribution in [1.29, 1.82) is 0 Å². The van der Waals surface area contributed by atoms with Crippen molar-refractivity contribution in [3.05, 3.63) is 24.0 Å². The molecular weight excluding hydrogens is 312 g/mol. The zero-order chi connectivity index (χ0) is 15.6. The number of nitrogens with zero attached hydrogens (tertiary/aromatic N) is 3. The fourth-order valence-electron chi connectivity index (χ4n) is 2.80. The smallest absolute Gasteiger partial charge is 0.230 e. The van der Waals surface area contributed by atoms with E-state index in [4.69, 9.17) is 0 Å². The molecule has 23 heavy (non-hydrogen) atoms. The van der Waals surface area contributed by atoms with Crippen LogP contribution in [0.4, 0.5) is 5.13 Å². The van der Waals surface area contributed by atoms with E-state index in [9.17, 15) is 4.79 Å². The summed E-state index contributed by atoms with van der Waals surface area (Å²) in [4.78, 5) is 28.3. The van der Waals surface area contributed by atoms with Crippen LogP contribution in [-0.2, 0) is 4.79 Å². The number of aromatic nitrogens is 4. The Bertz CT molecular complexity index is 835. The SMILES string of the molecule is O=C(Nc1nc(-c2ncnc3[nH]ccc23)cs1)C1CCCNC1. The first kappa shape index (κ1) is 14.3. The van der Waals surface area contributed by atoms with E-state index in [1.807, 2.05) is 17.6 Å². The molecule has 3 aromatic heterocycles. The molecule has 1 amide bonds. The molecule has 8 heteroatoms. The summed E-state index contributed by atoms with van der Waals surface area (Å²) in [7, 11) is 0. The standard InChI is InChI=1S/C15H16N6OS/c22-14(9-2-1-4-16-6-9)21-15-20-11(7-23-15)12-10-3-5-17-13(10)19-8-18-12/h3,5,7-9,16H,1-2,4,6H2,(H,17,18,19)(H,20,21,22). The predicted molar refractivity (Wildman–Crippen MR) is 89.2 cm³/mol. The summed E-state index contributed by atoms with van der Waals surface area (Å²) in [5.41, 5.74) is 2.30. The minimum atomic E-state index is 0.0199. The normalized spacial score (nSPS) is 18.2. The third-order valence-corrected chi connectivity index (χ3v) is 4.76. The molecule has 0 aromatic carbocycles. The molecule has 0 spiro atoms. The van der Waals surface area contributed by atoms with Crippen LogP contribution in [-0.4, -0.2) is 38.9 Å². The maximum Gasteiger partial charge on any atom is 0.230 e. The van der Waals surface area contributed by atoms with E-state index < -0.39 is 0 Å². The fourth-order valence-corrected chi connectivity index (χ4v) is 3.50. The van der Waals surface area contributed by atoms with Crippen molar-refractivity contribution in [1.82, 2.24) is 25.3 Å². The van der Waals surface area contributed by atoms with Gasteiger partial charge in [-0.3, -0.25) is 4.79 Å². The lowest BCUT2D eigenvalue weighted by Crippen LogP contribution is -2.37.